The molecule has 0 bridgehead atoms. The molecule has 0 saturated heterocycles. The zero-order chi connectivity index (χ0) is 25.8. The summed E-state index contributed by atoms with van der Waals surface area (Å²) < 4.78 is 2.33. The van der Waals surface area contributed by atoms with Crippen molar-refractivity contribution in [2.24, 2.45) is 5.92 Å². The van der Waals surface area contributed by atoms with E-state index < -0.39 is 0 Å². The van der Waals surface area contributed by atoms with E-state index in [2.05, 4.69) is 90.4 Å². The van der Waals surface area contributed by atoms with Crippen LogP contribution in [0.15, 0.2) is 66.7 Å². The van der Waals surface area contributed by atoms with E-state index in [4.69, 9.17) is 4.98 Å². The van der Waals surface area contributed by atoms with Gasteiger partial charge in [0.05, 0.1) is 0 Å². The predicted octanol–water partition coefficient (Wildman–Crippen LogP) is 6.83. The van der Waals surface area contributed by atoms with Gasteiger partial charge in [0.25, 0.3) is 0 Å². The van der Waals surface area contributed by atoms with Crippen molar-refractivity contribution in [3.63, 3.8) is 0 Å². The molecular weight excluding hydrogens is 505 g/mol. The van der Waals surface area contributed by atoms with Gasteiger partial charge in [0.2, 0.25) is 0 Å². The molecule has 1 heterocycles. The van der Waals surface area contributed by atoms with Crippen molar-refractivity contribution >= 4 is 33.8 Å². The van der Waals surface area contributed by atoms with Gasteiger partial charge in [-0.3, -0.25) is 0 Å². The SMILES string of the molecule is Cc1ccc(C(=O)N(CCC[As])C(c2nc3cc(C)c(C)cc3n2Cc2ccccc2)C(C)C)cc1. The van der Waals surface area contributed by atoms with Crippen LogP contribution in [0, 0.1) is 26.7 Å². The average Bonchev–Trinajstić information content (AvgIpc) is 3.18. The number of aromatic nitrogens is 2. The summed E-state index contributed by atoms with van der Waals surface area (Å²) in [5, 5.41) is 0.967. The zero-order valence-electron chi connectivity index (χ0n) is 22.0. The summed E-state index contributed by atoms with van der Waals surface area (Å²) in [6.07, 6.45) is 0.929. The second-order valence-electron chi connectivity index (χ2n) is 10.1. The Morgan fingerprint density at radius 2 is 1.64 bits per heavy atom. The van der Waals surface area contributed by atoms with Crippen molar-refractivity contribution in [3.8, 4) is 0 Å². The van der Waals surface area contributed by atoms with Gasteiger partial charge < -0.3 is 0 Å². The molecule has 0 aliphatic carbocycles. The first kappa shape index (κ1) is 26.2. The Morgan fingerprint density at radius 1 is 0.972 bits per heavy atom. The standard InChI is InChI=1S/C31H36AsN3O/c1-21(2)29(34(17-9-16-32)31(36)26-14-12-22(3)13-15-26)30-33-27-18-23(4)24(5)19-28(27)35(30)20-25-10-7-6-8-11-25/h6-8,10-15,18-19,21,29H,9,16-17,20H2,1-5H3. The number of hydrogen-bond acceptors (Lipinski definition) is 2. The van der Waals surface area contributed by atoms with Gasteiger partial charge in [0.15, 0.2) is 0 Å². The molecular formula is C31H36AsN3O. The van der Waals surface area contributed by atoms with Crippen molar-refractivity contribution in [1.29, 1.82) is 0 Å². The second-order valence-corrected chi connectivity index (χ2v) is 11.0. The summed E-state index contributed by atoms with van der Waals surface area (Å²) in [4.78, 5) is 21.2. The van der Waals surface area contributed by atoms with Gasteiger partial charge in [-0.05, 0) is 0 Å². The van der Waals surface area contributed by atoms with Crippen LogP contribution in [0.4, 0.5) is 0 Å². The summed E-state index contributed by atoms with van der Waals surface area (Å²) in [7, 11) is 0. The van der Waals surface area contributed by atoms with E-state index in [1.54, 1.807) is 0 Å². The predicted molar refractivity (Wildman–Crippen MR) is 150 cm³/mol. The first-order valence-corrected chi connectivity index (χ1v) is 14.1. The first-order chi connectivity index (χ1) is 17.3. The quantitative estimate of drug-likeness (QED) is 0.218. The topological polar surface area (TPSA) is 38.1 Å². The number of fused-ring (bicyclic) bond motifs is 1. The van der Waals surface area contributed by atoms with E-state index in [1.807, 2.05) is 37.3 Å². The van der Waals surface area contributed by atoms with Gasteiger partial charge in [-0.1, -0.05) is 0 Å². The molecule has 4 nitrogen and oxygen atoms in total. The number of hydrogen-bond donors (Lipinski definition) is 0. The molecule has 0 aliphatic heterocycles. The van der Waals surface area contributed by atoms with Crippen molar-refractivity contribution < 1.29 is 4.79 Å². The van der Waals surface area contributed by atoms with Gasteiger partial charge in [-0.2, -0.15) is 0 Å². The number of aryl methyl sites for hydroxylation is 3. The molecule has 4 rings (SSSR count). The van der Waals surface area contributed by atoms with Gasteiger partial charge in [-0.15, -0.1) is 0 Å². The van der Waals surface area contributed by atoms with Crippen LogP contribution < -0.4 is 0 Å². The summed E-state index contributed by atoms with van der Waals surface area (Å²) >= 11 is 2.64. The number of rotatable bonds is 9. The van der Waals surface area contributed by atoms with Crippen molar-refractivity contribution in [2.75, 3.05) is 6.54 Å². The molecule has 0 fully saturated rings. The van der Waals surface area contributed by atoms with Gasteiger partial charge in [0, 0.05) is 0 Å². The van der Waals surface area contributed by atoms with Crippen LogP contribution in [0.5, 0.6) is 0 Å². The summed E-state index contributed by atoms with van der Waals surface area (Å²) in [6, 6.07) is 22.7. The first-order valence-electron chi connectivity index (χ1n) is 12.8. The van der Waals surface area contributed by atoms with E-state index >= 15 is 0 Å². The number of nitrogens with zero attached hydrogens (tertiary/aromatic N) is 3. The molecule has 0 spiro atoms. The molecule has 1 atom stereocenters. The van der Waals surface area contributed by atoms with Gasteiger partial charge in [-0.25, -0.2) is 0 Å². The van der Waals surface area contributed by atoms with E-state index in [1.165, 1.54) is 16.7 Å². The van der Waals surface area contributed by atoms with E-state index in [-0.39, 0.29) is 17.9 Å². The third-order valence-corrected chi connectivity index (χ3v) is 7.59. The number of amides is 1. The number of imidazole rings is 1. The molecule has 2 radical (unpaired) electrons. The Kier molecular flexibility index (Phi) is 8.36. The van der Waals surface area contributed by atoms with E-state index in [9.17, 15) is 4.79 Å². The molecule has 186 valence electrons. The van der Waals surface area contributed by atoms with Gasteiger partial charge >= 0.3 is 225 Å². The maximum absolute atomic E-state index is 14.0. The molecule has 4 aromatic rings. The Bertz CT molecular complexity index is 1330. The number of carbonyl (C=O) groups is 1. The summed E-state index contributed by atoms with van der Waals surface area (Å²) in [6.45, 7) is 12.1. The number of carbonyl (C=O) groups excluding carboxylic acids is 1. The minimum atomic E-state index is -0.144. The number of benzene rings is 3. The van der Waals surface area contributed by atoms with Crippen LogP contribution in [0.2, 0.25) is 5.21 Å². The molecule has 0 saturated carbocycles. The summed E-state index contributed by atoms with van der Waals surface area (Å²) in [5.41, 5.74) is 7.70. The van der Waals surface area contributed by atoms with Crippen molar-refractivity contribution in [3.05, 3.63) is 100 Å². The van der Waals surface area contributed by atoms with E-state index in [0.29, 0.717) is 6.54 Å². The normalized spacial score (nSPS) is 12.3. The van der Waals surface area contributed by atoms with Crippen LogP contribution in [0.25, 0.3) is 11.0 Å². The molecule has 5 heteroatoms. The average molecular weight is 542 g/mol. The molecule has 1 amide bonds. The van der Waals surface area contributed by atoms with Crippen LogP contribution in [0.1, 0.15) is 64.7 Å². The summed E-state index contributed by atoms with van der Waals surface area (Å²) in [5.74, 6) is 1.22. The van der Waals surface area contributed by atoms with Crippen LogP contribution in [-0.4, -0.2) is 43.8 Å². The van der Waals surface area contributed by atoms with Gasteiger partial charge in [0.1, 0.15) is 0 Å². The van der Waals surface area contributed by atoms with Crippen LogP contribution in [0.3, 0.4) is 0 Å². The molecule has 3 aromatic carbocycles. The van der Waals surface area contributed by atoms with Crippen molar-refractivity contribution in [1.82, 2.24) is 14.5 Å². The molecule has 0 aliphatic rings. The fraction of sp³-hybridized carbons (Fsp3) is 0.355. The molecule has 0 N–H and O–H groups in total. The third-order valence-electron chi connectivity index (χ3n) is 6.93. The molecule has 1 aromatic heterocycles. The van der Waals surface area contributed by atoms with Crippen LogP contribution >= 0.6 is 0 Å². The monoisotopic (exact) mass is 541 g/mol. The Hall–Kier alpha value is -2.84. The third kappa shape index (κ3) is 5.60. The Morgan fingerprint density at radius 3 is 2.28 bits per heavy atom. The minimum absolute atomic E-state index is 0.0697. The van der Waals surface area contributed by atoms with Crippen LogP contribution in [-0.2, 0) is 6.54 Å². The fourth-order valence-electron chi connectivity index (χ4n) is 4.82. The Labute approximate surface area is 224 Å². The maximum atomic E-state index is 14.0. The van der Waals surface area contributed by atoms with E-state index in [0.717, 1.165) is 46.2 Å². The fourth-order valence-corrected chi connectivity index (χ4v) is 5.12. The zero-order valence-corrected chi connectivity index (χ0v) is 23.9. The Balaban J connectivity index is 1.88. The molecule has 1 unspecified atom stereocenters. The molecule has 36 heavy (non-hydrogen) atoms. The van der Waals surface area contributed by atoms with Crippen molar-refractivity contribution in [2.45, 2.75) is 58.8 Å². The second kappa shape index (κ2) is 11.5.